The Kier molecular flexibility index (Phi) is 7.20. The van der Waals surface area contributed by atoms with Crippen LogP contribution in [-0.2, 0) is 4.79 Å². The topological polar surface area (TPSA) is 41.6 Å². The summed E-state index contributed by atoms with van der Waals surface area (Å²) in [5, 5.41) is 5.98. The number of amides is 1. The first kappa shape index (κ1) is 19.5. The quantitative estimate of drug-likeness (QED) is 0.730. The van der Waals surface area contributed by atoms with E-state index in [1.54, 1.807) is 18.2 Å². The molecule has 1 fully saturated rings. The zero-order chi connectivity index (χ0) is 18.4. The van der Waals surface area contributed by atoms with E-state index in [0.717, 1.165) is 19.6 Å². The van der Waals surface area contributed by atoms with E-state index in [0.29, 0.717) is 28.3 Å². The van der Waals surface area contributed by atoms with Crippen molar-refractivity contribution in [1.82, 2.24) is 10.2 Å². The standard InChI is InChI=1S/C19H22Cl2N2O2S/c20-15-3-4-17(16(21)12-15)25-13-19(24)22-7-10-23-8-5-14(6-9-23)18-2-1-11-26-18/h1-4,11-12,14H,5-10,13H2,(H,22,24). The van der Waals surface area contributed by atoms with Crippen LogP contribution in [0.1, 0.15) is 23.6 Å². The predicted octanol–water partition coefficient (Wildman–Crippen LogP) is 4.43. The fourth-order valence-corrected chi connectivity index (χ4v) is 4.47. The Labute approximate surface area is 168 Å². The molecular formula is C19H22Cl2N2O2S. The number of nitrogens with one attached hydrogen (secondary N) is 1. The second-order valence-corrected chi connectivity index (χ2v) is 8.17. The van der Waals surface area contributed by atoms with Gasteiger partial charge in [-0.3, -0.25) is 4.79 Å². The van der Waals surface area contributed by atoms with Crippen LogP contribution in [0.5, 0.6) is 5.75 Å². The number of piperidine rings is 1. The van der Waals surface area contributed by atoms with Crippen LogP contribution < -0.4 is 10.1 Å². The molecule has 1 N–H and O–H groups in total. The highest BCUT2D eigenvalue weighted by Gasteiger charge is 2.20. The molecule has 3 rings (SSSR count). The van der Waals surface area contributed by atoms with Gasteiger partial charge in [0.1, 0.15) is 5.75 Å². The van der Waals surface area contributed by atoms with Crippen LogP contribution in [-0.4, -0.2) is 43.6 Å². The highest BCUT2D eigenvalue weighted by molar-refractivity contribution is 7.10. The summed E-state index contributed by atoms with van der Waals surface area (Å²) < 4.78 is 5.44. The average molecular weight is 413 g/mol. The molecule has 0 atom stereocenters. The van der Waals surface area contributed by atoms with Crippen LogP contribution in [0.25, 0.3) is 0 Å². The lowest BCUT2D eigenvalue weighted by atomic mass is 9.95. The number of nitrogens with zero attached hydrogens (tertiary/aromatic N) is 1. The third kappa shape index (κ3) is 5.61. The average Bonchev–Trinajstić information content (AvgIpc) is 3.16. The zero-order valence-corrected chi connectivity index (χ0v) is 16.7. The number of rotatable bonds is 7. The van der Waals surface area contributed by atoms with Crippen molar-refractivity contribution in [3.63, 3.8) is 0 Å². The van der Waals surface area contributed by atoms with Gasteiger partial charge < -0.3 is 15.0 Å². The van der Waals surface area contributed by atoms with Crippen LogP contribution in [0.4, 0.5) is 0 Å². The van der Waals surface area contributed by atoms with E-state index in [4.69, 9.17) is 27.9 Å². The maximum absolute atomic E-state index is 11.9. The molecule has 1 amide bonds. The van der Waals surface area contributed by atoms with Gasteiger partial charge in [0.15, 0.2) is 6.61 Å². The maximum Gasteiger partial charge on any atom is 0.257 e. The highest BCUT2D eigenvalue weighted by Crippen LogP contribution is 2.30. The molecule has 1 saturated heterocycles. The van der Waals surface area contributed by atoms with Gasteiger partial charge in [-0.25, -0.2) is 0 Å². The van der Waals surface area contributed by atoms with E-state index >= 15 is 0 Å². The Morgan fingerprint density at radius 2 is 2.08 bits per heavy atom. The zero-order valence-electron chi connectivity index (χ0n) is 14.4. The molecule has 2 aromatic rings. The number of hydrogen-bond donors (Lipinski definition) is 1. The first-order chi connectivity index (χ1) is 12.6. The van der Waals surface area contributed by atoms with Gasteiger partial charge in [0.2, 0.25) is 0 Å². The molecule has 0 saturated carbocycles. The first-order valence-corrected chi connectivity index (χ1v) is 10.4. The predicted molar refractivity (Wildman–Crippen MR) is 108 cm³/mol. The Morgan fingerprint density at radius 3 is 2.77 bits per heavy atom. The third-order valence-electron chi connectivity index (χ3n) is 4.54. The number of hydrogen-bond acceptors (Lipinski definition) is 4. The fourth-order valence-electron chi connectivity index (χ4n) is 3.10. The SMILES string of the molecule is O=C(COc1ccc(Cl)cc1Cl)NCCN1CCC(c2cccs2)CC1. The lowest BCUT2D eigenvalue weighted by Crippen LogP contribution is -2.40. The van der Waals surface area contributed by atoms with Crippen molar-refractivity contribution in [2.75, 3.05) is 32.8 Å². The molecule has 0 aliphatic carbocycles. The summed E-state index contributed by atoms with van der Waals surface area (Å²) in [6, 6.07) is 9.30. The Morgan fingerprint density at radius 1 is 1.27 bits per heavy atom. The Bertz CT molecular complexity index is 716. The second kappa shape index (κ2) is 9.60. The van der Waals surface area contributed by atoms with Crippen LogP contribution in [0.3, 0.4) is 0 Å². The third-order valence-corrected chi connectivity index (χ3v) is 6.10. The summed E-state index contributed by atoms with van der Waals surface area (Å²) in [5.74, 6) is 1.00. The molecule has 1 aliphatic heterocycles. The van der Waals surface area contributed by atoms with Crippen LogP contribution in [0.2, 0.25) is 10.0 Å². The number of likely N-dealkylation sites (tertiary alicyclic amines) is 1. The first-order valence-electron chi connectivity index (χ1n) is 8.72. The number of ether oxygens (including phenoxy) is 1. The molecular weight excluding hydrogens is 391 g/mol. The molecule has 0 bridgehead atoms. The van der Waals surface area contributed by atoms with Crippen molar-refractivity contribution < 1.29 is 9.53 Å². The van der Waals surface area contributed by atoms with Gasteiger partial charge in [0.05, 0.1) is 5.02 Å². The molecule has 140 valence electrons. The summed E-state index contributed by atoms with van der Waals surface area (Å²) in [4.78, 5) is 15.8. The van der Waals surface area contributed by atoms with E-state index < -0.39 is 0 Å². The molecule has 1 aromatic heterocycles. The fraction of sp³-hybridized carbons (Fsp3) is 0.421. The van der Waals surface area contributed by atoms with E-state index in [9.17, 15) is 4.79 Å². The molecule has 1 aromatic carbocycles. The number of carbonyl (C=O) groups excluding carboxylic acids is 1. The van der Waals surface area contributed by atoms with Gasteiger partial charge >= 0.3 is 0 Å². The molecule has 4 nitrogen and oxygen atoms in total. The maximum atomic E-state index is 11.9. The summed E-state index contributed by atoms with van der Waals surface area (Å²) in [5.41, 5.74) is 0. The molecule has 7 heteroatoms. The van der Waals surface area contributed by atoms with Crippen LogP contribution >= 0.6 is 34.5 Å². The van der Waals surface area contributed by atoms with Gasteiger partial charge in [0, 0.05) is 23.0 Å². The Hall–Kier alpha value is -1.27. The number of halogens is 2. The van der Waals surface area contributed by atoms with Crippen LogP contribution in [0.15, 0.2) is 35.7 Å². The lowest BCUT2D eigenvalue weighted by molar-refractivity contribution is -0.123. The Balaban J connectivity index is 1.32. The van der Waals surface area contributed by atoms with Gasteiger partial charge in [-0.1, -0.05) is 29.3 Å². The number of thiophene rings is 1. The highest BCUT2D eigenvalue weighted by atomic mass is 35.5. The molecule has 0 unspecified atom stereocenters. The normalized spacial score (nSPS) is 15.8. The van der Waals surface area contributed by atoms with Gasteiger partial charge in [-0.2, -0.15) is 0 Å². The van der Waals surface area contributed by atoms with Crippen molar-refractivity contribution >= 4 is 40.4 Å². The molecule has 2 heterocycles. The van der Waals surface area contributed by atoms with Crippen molar-refractivity contribution in [3.8, 4) is 5.75 Å². The molecule has 0 spiro atoms. The van der Waals surface area contributed by atoms with Crippen molar-refractivity contribution in [3.05, 3.63) is 50.6 Å². The monoisotopic (exact) mass is 412 g/mol. The number of carbonyl (C=O) groups is 1. The lowest BCUT2D eigenvalue weighted by Gasteiger charge is -2.31. The summed E-state index contributed by atoms with van der Waals surface area (Å²) in [6.45, 7) is 3.59. The van der Waals surface area contributed by atoms with Crippen LogP contribution in [0, 0.1) is 0 Å². The summed E-state index contributed by atoms with van der Waals surface area (Å²) in [6.07, 6.45) is 2.37. The molecule has 0 radical (unpaired) electrons. The minimum absolute atomic E-state index is 0.0538. The summed E-state index contributed by atoms with van der Waals surface area (Å²) in [7, 11) is 0. The van der Waals surface area contributed by atoms with E-state index in [1.807, 2.05) is 11.3 Å². The molecule has 1 aliphatic rings. The van der Waals surface area contributed by atoms with Crippen molar-refractivity contribution in [2.45, 2.75) is 18.8 Å². The van der Waals surface area contributed by atoms with Crippen molar-refractivity contribution in [1.29, 1.82) is 0 Å². The van der Waals surface area contributed by atoms with Crippen molar-refractivity contribution in [2.24, 2.45) is 0 Å². The number of benzene rings is 1. The smallest absolute Gasteiger partial charge is 0.257 e. The van der Waals surface area contributed by atoms with Gasteiger partial charge in [-0.15, -0.1) is 11.3 Å². The van der Waals surface area contributed by atoms with E-state index in [-0.39, 0.29) is 12.5 Å². The van der Waals surface area contributed by atoms with Gasteiger partial charge in [-0.05, 0) is 61.5 Å². The summed E-state index contributed by atoms with van der Waals surface area (Å²) >= 11 is 13.7. The minimum Gasteiger partial charge on any atom is -0.482 e. The van der Waals surface area contributed by atoms with E-state index in [2.05, 4.69) is 27.7 Å². The second-order valence-electron chi connectivity index (χ2n) is 6.34. The van der Waals surface area contributed by atoms with E-state index in [1.165, 1.54) is 17.7 Å². The minimum atomic E-state index is -0.149. The largest absolute Gasteiger partial charge is 0.482 e. The van der Waals surface area contributed by atoms with Gasteiger partial charge in [0.25, 0.3) is 5.91 Å². The molecule has 26 heavy (non-hydrogen) atoms.